The number of hydrogen-bond acceptors (Lipinski definition) is 4. The van der Waals surface area contributed by atoms with Gasteiger partial charge in [-0.1, -0.05) is 36.1 Å². The Labute approximate surface area is 155 Å². The number of benzene rings is 2. The fourth-order valence-corrected chi connectivity index (χ4v) is 3.69. The van der Waals surface area contributed by atoms with Gasteiger partial charge in [-0.15, -0.1) is 0 Å². The van der Waals surface area contributed by atoms with E-state index in [1.165, 1.54) is 0 Å². The zero-order chi connectivity index (χ0) is 16.7. The highest BCUT2D eigenvalue weighted by molar-refractivity contribution is 9.10. The second kappa shape index (κ2) is 9.11. The van der Waals surface area contributed by atoms with E-state index >= 15 is 0 Å². The summed E-state index contributed by atoms with van der Waals surface area (Å²) in [6.07, 6.45) is 2.00. The molecule has 0 bridgehead atoms. The van der Waals surface area contributed by atoms with Crippen molar-refractivity contribution in [2.75, 3.05) is 13.7 Å². The Morgan fingerprint density at radius 2 is 1.91 bits per heavy atom. The van der Waals surface area contributed by atoms with Gasteiger partial charge in [-0.2, -0.15) is 0 Å². The van der Waals surface area contributed by atoms with Gasteiger partial charge in [-0.3, -0.25) is 0 Å². The second-order valence-corrected chi connectivity index (χ2v) is 7.04. The van der Waals surface area contributed by atoms with Gasteiger partial charge in [0.1, 0.15) is 5.75 Å². The highest BCUT2D eigenvalue weighted by atomic mass is 79.9. The molecule has 0 saturated carbocycles. The molecule has 2 aromatic rings. The van der Waals surface area contributed by atoms with Crippen LogP contribution in [0.4, 0.5) is 0 Å². The van der Waals surface area contributed by atoms with E-state index in [1.807, 2.05) is 48.5 Å². The first kappa shape index (κ1) is 18.0. The Hall–Kier alpha value is -1.30. The van der Waals surface area contributed by atoms with Crippen molar-refractivity contribution in [1.29, 1.82) is 0 Å². The molecule has 0 fully saturated rings. The predicted molar refractivity (Wildman–Crippen MR) is 106 cm³/mol. The van der Waals surface area contributed by atoms with E-state index in [4.69, 9.17) is 17.0 Å². The summed E-state index contributed by atoms with van der Waals surface area (Å²) in [5.74, 6) is 0.829. The number of ether oxygens (including phenoxy) is 1. The number of nitrogens with one attached hydrogen (secondary N) is 1. The van der Waals surface area contributed by atoms with E-state index in [0.717, 1.165) is 37.1 Å². The summed E-state index contributed by atoms with van der Waals surface area (Å²) in [6, 6.07) is 15.9. The van der Waals surface area contributed by atoms with E-state index in [2.05, 4.69) is 34.2 Å². The first-order chi connectivity index (χ1) is 11.1. The molecule has 0 aromatic heterocycles. The Kier molecular flexibility index (Phi) is 7.15. The largest absolute Gasteiger partial charge is 0.497 e. The average molecular weight is 408 g/mol. The standard InChI is InChI=1S/C18H18BrNOS2/c1-3-20-18(23-17-7-5-4-6-15(17)19)12-16(22)13-8-10-14(21-2)11-9-13/h4-12,20H,3H2,1-2H3/b18-12+. The third-order valence-electron chi connectivity index (χ3n) is 3.04. The summed E-state index contributed by atoms with van der Waals surface area (Å²) in [5, 5.41) is 4.40. The molecule has 0 heterocycles. The molecule has 0 atom stereocenters. The van der Waals surface area contributed by atoms with Crippen molar-refractivity contribution in [1.82, 2.24) is 5.32 Å². The Morgan fingerprint density at radius 3 is 2.52 bits per heavy atom. The minimum Gasteiger partial charge on any atom is -0.497 e. The van der Waals surface area contributed by atoms with Crippen molar-refractivity contribution in [3.63, 3.8) is 0 Å². The molecule has 2 nitrogen and oxygen atoms in total. The van der Waals surface area contributed by atoms with Gasteiger partial charge < -0.3 is 10.1 Å². The van der Waals surface area contributed by atoms with E-state index in [-0.39, 0.29) is 0 Å². The normalized spacial score (nSPS) is 11.2. The van der Waals surface area contributed by atoms with Crippen LogP contribution in [0.1, 0.15) is 12.5 Å². The van der Waals surface area contributed by atoms with Gasteiger partial charge >= 0.3 is 0 Å². The molecule has 0 spiro atoms. The molecule has 1 N–H and O–H groups in total. The number of rotatable bonds is 7. The molecule has 0 unspecified atom stereocenters. The maximum atomic E-state index is 5.56. The van der Waals surface area contributed by atoms with Crippen LogP contribution in [0, 0.1) is 0 Å². The lowest BCUT2D eigenvalue weighted by molar-refractivity contribution is 0.415. The Morgan fingerprint density at radius 1 is 1.22 bits per heavy atom. The van der Waals surface area contributed by atoms with Crippen molar-refractivity contribution in [3.8, 4) is 5.75 Å². The number of hydrogen-bond donors (Lipinski definition) is 1. The van der Waals surface area contributed by atoms with Crippen LogP contribution >= 0.6 is 39.9 Å². The summed E-state index contributed by atoms with van der Waals surface area (Å²) in [7, 11) is 1.66. The number of thioether (sulfide) groups is 1. The SMILES string of the molecule is CCN/C(=C\C(=S)c1ccc(OC)cc1)Sc1ccccc1Br. The predicted octanol–water partition coefficient (Wildman–Crippen LogP) is 5.42. The van der Waals surface area contributed by atoms with Crippen LogP contribution in [0.5, 0.6) is 5.75 Å². The van der Waals surface area contributed by atoms with Gasteiger partial charge in [0.25, 0.3) is 0 Å². The van der Waals surface area contributed by atoms with Gasteiger partial charge in [0, 0.05) is 20.8 Å². The van der Waals surface area contributed by atoms with E-state index in [9.17, 15) is 0 Å². The second-order valence-electron chi connectivity index (χ2n) is 4.66. The minimum atomic E-state index is 0.795. The first-order valence-electron chi connectivity index (χ1n) is 7.20. The van der Waals surface area contributed by atoms with Crippen LogP contribution in [0.3, 0.4) is 0 Å². The van der Waals surface area contributed by atoms with Gasteiger partial charge in [0.15, 0.2) is 0 Å². The van der Waals surface area contributed by atoms with Gasteiger partial charge in [-0.05, 0) is 70.9 Å². The molecule has 0 radical (unpaired) electrons. The zero-order valence-electron chi connectivity index (χ0n) is 13.0. The van der Waals surface area contributed by atoms with Gasteiger partial charge in [0.05, 0.1) is 12.1 Å². The van der Waals surface area contributed by atoms with Crippen molar-refractivity contribution < 1.29 is 4.74 Å². The van der Waals surface area contributed by atoms with Crippen molar-refractivity contribution in [3.05, 3.63) is 69.7 Å². The number of halogens is 1. The van der Waals surface area contributed by atoms with Crippen LogP contribution in [-0.2, 0) is 0 Å². The molecular formula is C18H18BrNOS2. The maximum absolute atomic E-state index is 5.56. The van der Waals surface area contributed by atoms with Gasteiger partial charge in [0.2, 0.25) is 0 Å². The van der Waals surface area contributed by atoms with Crippen molar-refractivity contribution in [2.45, 2.75) is 11.8 Å². The lowest BCUT2D eigenvalue weighted by Gasteiger charge is -2.11. The van der Waals surface area contributed by atoms with E-state index < -0.39 is 0 Å². The summed E-state index contributed by atoms with van der Waals surface area (Å²) in [4.78, 5) is 1.94. The van der Waals surface area contributed by atoms with Crippen molar-refractivity contribution >= 4 is 44.8 Å². The molecule has 23 heavy (non-hydrogen) atoms. The minimum absolute atomic E-state index is 0.795. The fourth-order valence-electron chi connectivity index (χ4n) is 1.89. The zero-order valence-corrected chi connectivity index (χ0v) is 16.2. The van der Waals surface area contributed by atoms with Crippen LogP contribution in [0.15, 0.2) is 69.0 Å². The number of thiocarbonyl (C=S) groups is 1. The highest BCUT2D eigenvalue weighted by Crippen LogP contribution is 2.31. The summed E-state index contributed by atoms with van der Waals surface area (Å²) >= 11 is 10.8. The smallest absolute Gasteiger partial charge is 0.118 e. The van der Waals surface area contributed by atoms with Crippen LogP contribution in [-0.4, -0.2) is 18.5 Å². The highest BCUT2D eigenvalue weighted by Gasteiger charge is 2.06. The maximum Gasteiger partial charge on any atom is 0.118 e. The number of methoxy groups -OCH3 is 1. The Balaban J connectivity index is 2.19. The van der Waals surface area contributed by atoms with Crippen LogP contribution < -0.4 is 10.1 Å². The molecule has 2 rings (SSSR count). The molecule has 0 aliphatic heterocycles. The molecule has 2 aromatic carbocycles. The molecule has 0 aliphatic rings. The Bertz CT molecular complexity index is 698. The van der Waals surface area contributed by atoms with E-state index in [0.29, 0.717) is 0 Å². The summed E-state index contributed by atoms with van der Waals surface area (Å²) in [5.41, 5.74) is 1.00. The molecule has 120 valence electrons. The monoisotopic (exact) mass is 407 g/mol. The molecule has 0 aliphatic carbocycles. The average Bonchev–Trinajstić information content (AvgIpc) is 2.57. The van der Waals surface area contributed by atoms with Crippen LogP contribution in [0.25, 0.3) is 0 Å². The topological polar surface area (TPSA) is 21.3 Å². The molecular weight excluding hydrogens is 390 g/mol. The summed E-state index contributed by atoms with van der Waals surface area (Å²) in [6.45, 7) is 2.92. The molecule has 0 saturated heterocycles. The van der Waals surface area contributed by atoms with Crippen molar-refractivity contribution in [2.24, 2.45) is 0 Å². The first-order valence-corrected chi connectivity index (χ1v) is 9.22. The number of allylic oxidation sites excluding steroid dienone is 1. The third-order valence-corrected chi connectivity index (χ3v) is 5.41. The quantitative estimate of drug-likeness (QED) is 0.286. The lowest BCUT2D eigenvalue weighted by atomic mass is 10.1. The van der Waals surface area contributed by atoms with Crippen LogP contribution in [0.2, 0.25) is 0 Å². The molecule has 0 amide bonds. The van der Waals surface area contributed by atoms with E-state index in [1.54, 1.807) is 18.9 Å². The van der Waals surface area contributed by atoms with Gasteiger partial charge in [-0.25, -0.2) is 0 Å². The molecule has 5 heteroatoms. The lowest BCUT2D eigenvalue weighted by Crippen LogP contribution is -2.11. The fraction of sp³-hybridized carbons (Fsp3) is 0.167. The summed E-state index contributed by atoms with van der Waals surface area (Å²) < 4.78 is 6.25. The third kappa shape index (κ3) is 5.37.